The zero-order chi connectivity index (χ0) is 19.2. The molecule has 0 spiro atoms. The number of likely N-dealkylation sites (tertiary alicyclic amines) is 1. The summed E-state index contributed by atoms with van der Waals surface area (Å²) in [5.41, 5.74) is 0. The van der Waals surface area contributed by atoms with Gasteiger partial charge in [0.1, 0.15) is 21.4 Å². The number of sulfone groups is 1. The van der Waals surface area contributed by atoms with Crippen LogP contribution in [0.1, 0.15) is 43.7 Å². The summed E-state index contributed by atoms with van der Waals surface area (Å²) >= 11 is 0. The minimum absolute atomic E-state index is 0. The molecule has 0 aromatic carbocycles. The molecule has 2 atom stereocenters. The summed E-state index contributed by atoms with van der Waals surface area (Å²) in [4.78, 5) is 6.70. The van der Waals surface area contributed by atoms with Gasteiger partial charge in [0.2, 0.25) is 0 Å². The van der Waals surface area contributed by atoms with Gasteiger partial charge < -0.3 is 15.1 Å². The Kier molecular flexibility index (Phi) is 10.1. The van der Waals surface area contributed by atoms with Crippen LogP contribution in [-0.4, -0.2) is 64.0 Å². The van der Waals surface area contributed by atoms with Crippen LogP contribution < -0.4 is 10.6 Å². The van der Waals surface area contributed by atoms with Gasteiger partial charge in [0, 0.05) is 25.9 Å². The summed E-state index contributed by atoms with van der Waals surface area (Å²) < 4.78 is 28.5. The summed E-state index contributed by atoms with van der Waals surface area (Å²) in [6.45, 7) is 6.75. The number of guanidine groups is 1. The highest BCUT2D eigenvalue weighted by Crippen LogP contribution is 2.26. The molecule has 2 N–H and O–H groups in total. The maximum atomic E-state index is 11.3. The third-order valence-corrected chi connectivity index (χ3v) is 5.64. The zero-order valence-corrected chi connectivity index (χ0v) is 19.8. The van der Waals surface area contributed by atoms with Gasteiger partial charge in [-0.05, 0) is 58.3 Å². The van der Waals surface area contributed by atoms with E-state index < -0.39 is 9.84 Å². The van der Waals surface area contributed by atoms with Crippen LogP contribution in [0.5, 0.6) is 0 Å². The number of hydrogen-bond donors (Lipinski definition) is 2. The van der Waals surface area contributed by atoms with Gasteiger partial charge in [-0.25, -0.2) is 8.42 Å². The quantitative estimate of drug-likeness (QED) is 0.316. The third kappa shape index (κ3) is 8.39. The fourth-order valence-corrected chi connectivity index (χ4v) is 3.96. The van der Waals surface area contributed by atoms with Crippen LogP contribution in [0.15, 0.2) is 21.5 Å². The molecule has 2 heterocycles. The predicted octanol–water partition coefficient (Wildman–Crippen LogP) is 2.33. The van der Waals surface area contributed by atoms with E-state index in [1.165, 1.54) is 19.1 Å². The van der Waals surface area contributed by atoms with Gasteiger partial charge in [0.25, 0.3) is 0 Å². The van der Waals surface area contributed by atoms with Crippen LogP contribution >= 0.6 is 24.0 Å². The molecule has 0 aliphatic carbocycles. The lowest BCUT2D eigenvalue weighted by Crippen LogP contribution is -2.45. The predicted molar refractivity (Wildman–Crippen MR) is 121 cm³/mol. The van der Waals surface area contributed by atoms with Crippen LogP contribution in [0.3, 0.4) is 0 Å². The maximum absolute atomic E-state index is 11.3. The highest BCUT2D eigenvalue weighted by molar-refractivity contribution is 14.0. The van der Waals surface area contributed by atoms with Crippen molar-refractivity contribution in [1.29, 1.82) is 0 Å². The molecule has 1 aliphatic rings. The molecule has 0 bridgehead atoms. The second-order valence-corrected chi connectivity index (χ2v) is 9.38. The highest BCUT2D eigenvalue weighted by Gasteiger charge is 2.26. The first-order chi connectivity index (χ1) is 12.3. The van der Waals surface area contributed by atoms with Crippen molar-refractivity contribution in [2.24, 2.45) is 4.99 Å². The normalized spacial score (nSPS) is 18.0. The Morgan fingerprint density at radius 3 is 2.52 bits per heavy atom. The average Bonchev–Trinajstić information content (AvgIpc) is 3.24. The zero-order valence-electron chi connectivity index (χ0n) is 16.7. The highest BCUT2D eigenvalue weighted by atomic mass is 127. The van der Waals surface area contributed by atoms with Crippen LogP contribution in [-0.2, 0) is 9.84 Å². The molecule has 0 saturated carbocycles. The van der Waals surface area contributed by atoms with Crippen molar-refractivity contribution in [3.8, 4) is 0 Å². The van der Waals surface area contributed by atoms with E-state index in [1.54, 1.807) is 7.05 Å². The summed E-state index contributed by atoms with van der Waals surface area (Å²) in [5, 5.41) is 6.64. The fourth-order valence-electron chi connectivity index (χ4n) is 3.18. The van der Waals surface area contributed by atoms with Crippen molar-refractivity contribution in [1.82, 2.24) is 15.5 Å². The Morgan fingerprint density at radius 2 is 2.00 bits per heavy atom. The largest absolute Gasteiger partial charge is 0.465 e. The van der Waals surface area contributed by atoms with Gasteiger partial charge >= 0.3 is 0 Å². The number of halogens is 1. The van der Waals surface area contributed by atoms with E-state index in [2.05, 4.69) is 20.5 Å². The van der Waals surface area contributed by atoms with Crippen molar-refractivity contribution < 1.29 is 12.8 Å². The molecule has 7 nitrogen and oxygen atoms in total. The number of nitrogens with one attached hydrogen (secondary N) is 2. The maximum Gasteiger partial charge on any atom is 0.191 e. The number of hydrogen-bond acceptors (Lipinski definition) is 5. The lowest BCUT2D eigenvalue weighted by Gasteiger charge is -2.27. The van der Waals surface area contributed by atoms with E-state index >= 15 is 0 Å². The molecule has 156 valence electrons. The fraction of sp³-hybridized carbons (Fsp3) is 0.722. The number of aryl methyl sites for hydroxylation is 1. The van der Waals surface area contributed by atoms with E-state index in [-0.39, 0.29) is 41.8 Å². The Labute approximate surface area is 180 Å². The summed E-state index contributed by atoms with van der Waals surface area (Å²) in [6, 6.07) is 4.23. The molecule has 0 amide bonds. The molecule has 1 fully saturated rings. The SMILES string of the molecule is CN=C(NCC(c1ccc(C)o1)N1CCCC1)NC(C)CCS(C)(=O)=O.I. The number of nitrogens with zero attached hydrogens (tertiary/aromatic N) is 2. The summed E-state index contributed by atoms with van der Waals surface area (Å²) in [6.07, 6.45) is 4.24. The Bertz CT molecular complexity index is 699. The first kappa shape index (κ1) is 24.2. The van der Waals surface area contributed by atoms with Crippen molar-refractivity contribution in [2.45, 2.75) is 45.2 Å². The monoisotopic (exact) mass is 512 g/mol. The van der Waals surface area contributed by atoms with E-state index in [1.807, 2.05) is 26.0 Å². The van der Waals surface area contributed by atoms with Crippen molar-refractivity contribution in [3.63, 3.8) is 0 Å². The lowest BCUT2D eigenvalue weighted by molar-refractivity contribution is 0.213. The molecular weight excluding hydrogens is 479 g/mol. The van der Waals surface area contributed by atoms with E-state index in [9.17, 15) is 8.42 Å². The first-order valence-corrected chi connectivity index (χ1v) is 11.3. The number of rotatable bonds is 8. The second kappa shape index (κ2) is 11.3. The summed E-state index contributed by atoms with van der Waals surface area (Å²) in [7, 11) is -1.23. The molecular formula is C18H33IN4O3S. The topological polar surface area (TPSA) is 86.9 Å². The van der Waals surface area contributed by atoms with Gasteiger partial charge in [-0.2, -0.15) is 0 Å². The van der Waals surface area contributed by atoms with Gasteiger partial charge in [-0.1, -0.05) is 0 Å². The van der Waals surface area contributed by atoms with Gasteiger partial charge in [-0.15, -0.1) is 24.0 Å². The van der Waals surface area contributed by atoms with Gasteiger partial charge in [0.15, 0.2) is 5.96 Å². The molecule has 9 heteroatoms. The number of furan rings is 1. The molecule has 1 aliphatic heterocycles. The Hall–Kier alpha value is -0.810. The van der Waals surface area contributed by atoms with Gasteiger partial charge in [0.05, 0.1) is 11.8 Å². The minimum atomic E-state index is -2.95. The Balaban J connectivity index is 0.00000364. The number of aliphatic imine (C=N–C) groups is 1. The lowest BCUT2D eigenvalue weighted by atomic mass is 10.2. The van der Waals surface area contributed by atoms with Crippen LogP contribution in [0.4, 0.5) is 0 Å². The third-order valence-electron chi connectivity index (χ3n) is 4.66. The Morgan fingerprint density at radius 1 is 1.33 bits per heavy atom. The minimum Gasteiger partial charge on any atom is -0.465 e. The molecule has 1 saturated heterocycles. The van der Waals surface area contributed by atoms with E-state index in [0.29, 0.717) is 18.9 Å². The van der Waals surface area contributed by atoms with Crippen molar-refractivity contribution in [3.05, 3.63) is 23.7 Å². The van der Waals surface area contributed by atoms with Crippen LogP contribution in [0.2, 0.25) is 0 Å². The molecule has 1 aromatic heterocycles. The summed E-state index contributed by atoms with van der Waals surface area (Å²) in [5.74, 6) is 2.73. The van der Waals surface area contributed by atoms with Crippen LogP contribution in [0, 0.1) is 6.92 Å². The molecule has 2 rings (SSSR count). The van der Waals surface area contributed by atoms with Crippen molar-refractivity contribution >= 4 is 39.8 Å². The standard InChI is InChI=1S/C18H32N4O3S.HI/c1-14(9-12-26(4,23)24)21-18(19-3)20-13-16(22-10-5-6-11-22)17-8-7-15(2)25-17;/h7-8,14,16H,5-6,9-13H2,1-4H3,(H2,19,20,21);1H. The smallest absolute Gasteiger partial charge is 0.191 e. The molecule has 0 radical (unpaired) electrons. The second-order valence-electron chi connectivity index (χ2n) is 7.12. The molecule has 2 unspecified atom stereocenters. The van der Waals surface area contributed by atoms with Crippen LogP contribution in [0.25, 0.3) is 0 Å². The average molecular weight is 512 g/mol. The van der Waals surface area contributed by atoms with E-state index in [0.717, 1.165) is 24.6 Å². The first-order valence-electron chi connectivity index (χ1n) is 9.24. The van der Waals surface area contributed by atoms with E-state index in [4.69, 9.17) is 4.42 Å². The van der Waals surface area contributed by atoms with Gasteiger partial charge in [-0.3, -0.25) is 9.89 Å². The van der Waals surface area contributed by atoms with Crippen molar-refractivity contribution in [2.75, 3.05) is 38.7 Å². The molecule has 27 heavy (non-hydrogen) atoms. The molecule has 1 aromatic rings.